The molecule has 0 aliphatic carbocycles. The van der Waals surface area contributed by atoms with Crippen LogP contribution in [0.1, 0.15) is 31.0 Å². The Morgan fingerprint density at radius 1 is 1.14 bits per heavy atom. The molecule has 2 saturated heterocycles. The quantitative estimate of drug-likeness (QED) is 0.837. The van der Waals surface area contributed by atoms with Gasteiger partial charge in [-0.05, 0) is 50.2 Å². The maximum atomic E-state index is 12.8. The maximum absolute atomic E-state index is 12.8. The average molecular weight is 380 g/mol. The number of amides is 2. The van der Waals surface area contributed by atoms with E-state index in [1.807, 2.05) is 49.6 Å². The zero-order valence-corrected chi connectivity index (χ0v) is 16.4. The molecule has 2 aliphatic rings. The van der Waals surface area contributed by atoms with Gasteiger partial charge in [0.15, 0.2) is 0 Å². The minimum absolute atomic E-state index is 0.0184. The molecule has 1 N–H and O–H groups in total. The van der Waals surface area contributed by atoms with E-state index < -0.39 is 0 Å². The maximum Gasteiger partial charge on any atom is 0.227 e. The summed E-state index contributed by atoms with van der Waals surface area (Å²) in [5.41, 5.74) is 2.08. The lowest BCUT2D eigenvalue weighted by molar-refractivity contribution is -0.126. The average Bonchev–Trinajstić information content (AvgIpc) is 3.45. The number of para-hydroxylation sites is 1. The highest BCUT2D eigenvalue weighted by atomic mass is 16.2. The van der Waals surface area contributed by atoms with Crippen LogP contribution in [0, 0.1) is 5.92 Å². The summed E-state index contributed by atoms with van der Waals surface area (Å²) in [7, 11) is 2.05. The number of hydrogen-bond acceptors (Lipinski definition) is 3. The van der Waals surface area contributed by atoms with Gasteiger partial charge in [0, 0.05) is 44.1 Å². The van der Waals surface area contributed by atoms with Gasteiger partial charge in [0.2, 0.25) is 11.8 Å². The van der Waals surface area contributed by atoms with Crippen molar-refractivity contribution in [2.24, 2.45) is 13.0 Å². The second kappa shape index (κ2) is 8.19. The van der Waals surface area contributed by atoms with Gasteiger partial charge in [-0.25, -0.2) is 0 Å². The van der Waals surface area contributed by atoms with E-state index in [1.54, 1.807) is 4.90 Å². The number of nitrogens with zero attached hydrogens (tertiary/aromatic N) is 3. The van der Waals surface area contributed by atoms with Crippen molar-refractivity contribution in [3.63, 3.8) is 0 Å². The molecular formula is C22H28N4O2. The first-order valence-corrected chi connectivity index (χ1v) is 10.1. The summed E-state index contributed by atoms with van der Waals surface area (Å²) in [5.74, 6) is -0.296. The molecule has 148 valence electrons. The monoisotopic (exact) mass is 380 g/mol. The molecule has 0 radical (unpaired) electrons. The summed E-state index contributed by atoms with van der Waals surface area (Å²) < 4.78 is 2.13. The van der Waals surface area contributed by atoms with Crippen molar-refractivity contribution >= 4 is 17.5 Å². The third-order valence-corrected chi connectivity index (χ3v) is 5.94. The van der Waals surface area contributed by atoms with Crippen LogP contribution in [0.15, 0.2) is 48.7 Å². The van der Waals surface area contributed by atoms with Gasteiger partial charge in [-0.15, -0.1) is 0 Å². The Labute approximate surface area is 166 Å². The number of benzene rings is 1. The van der Waals surface area contributed by atoms with Crippen molar-refractivity contribution in [3.8, 4) is 0 Å². The molecule has 6 nitrogen and oxygen atoms in total. The normalized spacial score (nSPS) is 21.2. The van der Waals surface area contributed by atoms with Gasteiger partial charge >= 0.3 is 0 Å². The zero-order chi connectivity index (χ0) is 19.5. The largest absolute Gasteiger partial charge is 0.354 e. The number of nitrogens with one attached hydrogen (secondary N) is 1. The molecule has 2 fully saturated rings. The van der Waals surface area contributed by atoms with Crippen LogP contribution >= 0.6 is 0 Å². The molecule has 0 spiro atoms. The Bertz CT molecular complexity index is 826. The Hall–Kier alpha value is -2.60. The molecule has 0 bridgehead atoms. The smallest absolute Gasteiger partial charge is 0.227 e. The highest BCUT2D eigenvalue weighted by Crippen LogP contribution is 2.27. The van der Waals surface area contributed by atoms with Crippen LogP contribution in [0.4, 0.5) is 5.69 Å². The second-order valence-electron chi connectivity index (χ2n) is 7.79. The summed E-state index contributed by atoms with van der Waals surface area (Å²) in [6.45, 7) is 3.16. The number of carbonyl (C=O) groups excluding carboxylic acids is 2. The Kier molecular flexibility index (Phi) is 5.48. The van der Waals surface area contributed by atoms with Crippen molar-refractivity contribution in [2.75, 3.05) is 31.1 Å². The summed E-state index contributed by atoms with van der Waals surface area (Å²) in [6, 6.07) is 13.9. The lowest BCUT2D eigenvalue weighted by atomic mass is 10.1. The van der Waals surface area contributed by atoms with Gasteiger partial charge in [0.05, 0.1) is 12.0 Å². The number of aromatic nitrogens is 1. The molecule has 6 heteroatoms. The highest BCUT2D eigenvalue weighted by molar-refractivity contribution is 6.00. The topological polar surface area (TPSA) is 57.6 Å². The molecule has 4 rings (SSSR count). The van der Waals surface area contributed by atoms with Crippen molar-refractivity contribution < 1.29 is 9.59 Å². The molecule has 2 unspecified atom stereocenters. The Morgan fingerprint density at radius 2 is 1.89 bits per heavy atom. The second-order valence-corrected chi connectivity index (χ2v) is 7.79. The van der Waals surface area contributed by atoms with E-state index in [0.717, 1.165) is 18.8 Å². The van der Waals surface area contributed by atoms with E-state index in [-0.39, 0.29) is 30.2 Å². The molecule has 2 aliphatic heterocycles. The molecule has 1 aromatic heterocycles. The van der Waals surface area contributed by atoms with E-state index in [1.165, 1.54) is 18.5 Å². The van der Waals surface area contributed by atoms with E-state index in [0.29, 0.717) is 13.1 Å². The predicted molar refractivity (Wildman–Crippen MR) is 109 cm³/mol. The summed E-state index contributed by atoms with van der Waals surface area (Å²) >= 11 is 0. The van der Waals surface area contributed by atoms with E-state index in [9.17, 15) is 9.59 Å². The lowest BCUT2D eigenvalue weighted by Crippen LogP contribution is -2.40. The van der Waals surface area contributed by atoms with Crippen LogP contribution < -0.4 is 10.2 Å². The number of rotatable bonds is 6. The van der Waals surface area contributed by atoms with Crippen LogP contribution in [-0.2, 0) is 16.6 Å². The fourth-order valence-corrected chi connectivity index (χ4v) is 4.38. The molecule has 28 heavy (non-hydrogen) atoms. The van der Waals surface area contributed by atoms with Crippen molar-refractivity contribution in [1.82, 2.24) is 14.8 Å². The lowest BCUT2D eigenvalue weighted by Gasteiger charge is -2.28. The Morgan fingerprint density at radius 3 is 2.57 bits per heavy atom. The van der Waals surface area contributed by atoms with Gasteiger partial charge in [-0.3, -0.25) is 14.5 Å². The first-order valence-electron chi connectivity index (χ1n) is 10.1. The standard InChI is InChI=1S/C22H28N4O2/c1-24-11-7-10-19(24)20(25-12-5-6-13-25)15-23-22(28)17-14-21(27)26(16-17)18-8-3-2-4-9-18/h2-4,7-11,17,20H,5-6,12-16H2,1H3,(H,23,28). The first-order chi connectivity index (χ1) is 13.6. The predicted octanol–water partition coefficient (Wildman–Crippen LogP) is 2.33. The summed E-state index contributed by atoms with van der Waals surface area (Å²) in [4.78, 5) is 29.4. The SMILES string of the molecule is Cn1cccc1C(CNC(=O)C1CC(=O)N(c2ccccc2)C1)N1CCCC1. The molecule has 3 heterocycles. The van der Waals surface area contributed by atoms with Crippen LogP contribution in [0.3, 0.4) is 0 Å². The van der Waals surface area contributed by atoms with Crippen LogP contribution in [0.5, 0.6) is 0 Å². The third-order valence-electron chi connectivity index (χ3n) is 5.94. The van der Waals surface area contributed by atoms with Crippen molar-refractivity contribution in [3.05, 3.63) is 54.4 Å². The zero-order valence-electron chi connectivity index (χ0n) is 16.4. The van der Waals surface area contributed by atoms with E-state index in [2.05, 4.69) is 20.9 Å². The third kappa shape index (κ3) is 3.83. The Balaban J connectivity index is 1.40. The summed E-state index contributed by atoms with van der Waals surface area (Å²) in [6.07, 6.45) is 4.74. The van der Waals surface area contributed by atoms with Crippen LogP contribution in [-0.4, -0.2) is 47.5 Å². The molecular weight excluding hydrogens is 352 g/mol. The number of aryl methyl sites for hydroxylation is 1. The number of hydrogen-bond donors (Lipinski definition) is 1. The number of likely N-dealkylation sites (tertiary alicyclic amines) is 1. The fourth-order valence-electron chi connectivity index (χ4n) is 4.38. The summed E-state index contributed by atoms with van der Waals surface area (Å²) in [5, 5.41) is 3.14. The van der Waals surface area contributed by atoms with Crippen LogP contribution in [0.25, 0.3) is 0 Å². The minimum atomic E-state index is -0.291. The van der Waals surface area contributed by atoms with E-state index >= 15 is 0 Å². The van der Waals surface area contributed by atoms with Gasteiger partial charge < -0.3 is 14.8 Å². The van der Waals surface area contributed by atoms with Crippen molar-refractivity contribution in [2.45, 2.75) is 25.3 Å². The molecule has 2 amide bonds. The van der Waals surface area contributed by atoms with Crippen LogP contribution in [0.2, 0.25) is 0 Å². The highest BCUT2D eigenvalue weighted by Gasteiger charge is 2.35. The minimum Gasteiger partial charge on any atom is -0.354 e. The van der Waals surface area contributed by atoms with Gasteiger partial charge in [0.25, 0.3) is 0 Å². The number of carbonyl (C=O) groups is 2. The first kappa shape index (κ1) is 18.7. The van der Waals surface area contributed by atoms with Gasteiger partial charge in [0.1, 0.15) is 0 Å². The van der Waals surface area contributed by atoms with Gasteiger partial charge in [-0.1, -0.05) is 18.2 Å². The molecule has 2 atom stereocenters. The molecule has 1 aromatic carbocycles. The number of anilines is 1. The van der Waals surface area contributed by atoms with Gasteiger partial charge in [-0.2, -0.15) is 0 Å². The molecule has 0 saturated carbocycles. The fraction of sp³-hybridized carbons (Fsp3) is 0.455. The van der Waals surface area contributed by atoms with Crippen molar-refractivity contribution in [1.29, 1.82) is 0 Å². The van der Waals surface area contributed by atoms with E-state index in [4.69, 9.17) is 0 Å². The molecule has 2 aromatic rings.